The first-order chi connectivity index (χ1) is 14.2. The minimum absolute atomic E-state index is 0.407. The zero-order valence-corrected chi connectivity index (χ0v) is 17.6. The molecule has 2 aromatic heterocycles. The molecule has 3 aromatic rings. The molecule has 29 heavy (non-hydrogen) atoms. The maximum absolute atomic E-state index is 5.55. The van der Waals surface area contributed by atoms with Gasteiger partial charge in [0.15, 0.2) is 5.75 Å². The third-order valence-corrected chi connectivity index (χ3v) is 6.09. The summed E-state index contributed by atoms with van der Waals surface area (Å²) in [4.78, 5) is 8.11. The number of thiophene rings is 1. The van der Waals surface area contributed by atoms with Gasteiger partial charge >= 0.3 is 0 Å². The van der Waals surface area contributed by atoms with Gasteiger partial charge in [0.05, 0.1) is 50.1 Å². The van der Waals surface area contributed by atoms with Gasteiger partial charge in [0.2, 0.25) is 5.75 Å². The number of benzene rings is 1. The van der Waals surface area contributed by atoms with Gasteiger partial charge in [-0.2, -0.15) is 0 Å². The van der Waals surface area contributed by atoms with Crippen LogP contribution >= 0.6 is 11.3 Å². The Morgan fingerprint density at radius 1 is 0.966 bits per heavy atom. The van der Waals surface area contributed by atoms with Gasteiger partial charge in [-0.3, -0.25) is 0 Å². The van der Waals surface area contributed by atoms with Crippen LogP contribution in [-0.2, 0) is 4.74 Å². The molecule has 1 fully saturated rings. The third-order valence-electron chi connectivity index (χ3n) is 4.87. The lowest BCUT2D eigenvalue weighted by molar-refractivity contribution is 0.123. The summed E-state index contributed by atoms with van der Waals surface area (Å²) in [5.74, 6) is 1.49. The molecule has 0 unspecified atom stereocenters. The molecule has 3 heterocycles. The van der Waals surface area contributed by atoms with Crippen molar-refractivity contribution in [2.45, 2.75) is 0 Å². The average Bonchev–Trinajstić information content (AvgIpc) is 3.24. The van der Waals surface area contributed by atoms with Crippen LogP contribution in [0.1, 0.15) is 0 Å². The van der Waals surface area contributed by atoms with E-state index in [0.717, 1.165) is 36.9 Å². The monoisotopic (exact) mass is 412 g/mol. The van der Waals surface area contributed by atoms with Crippen LogP contribution in [-0.4, -0.2) is 52.6 Å². The Bertz CT molecular complexity index is 943. The van der Waals surface area contributed by atoms with Gasteiger partial charge in [0.1, 0.15) is 0 Å². The number of rotatable bonds is 6. The van der Waals surface area contributed by atoms with Gasteiger partial charge < -0.3 is 23.8 Å². The molecule has 0 spiro atoms. The molecular weight excluding hydrogens is 388 g/mol. The van der Waals surface area contributed by atoms with Crippen LogP contribution in [0.5, 0.6) is 17.4 Å². The molecule has 4 rings (SSSR count). The van der Waals surface area contributed by atoms with Crippen LogP contribution in [0.3, 0.4) is 0 Å². The maximum atomic E-state index is 5.55. The van der Waals surface area contributed by atoms with Crippen molar-refractivity contribution >= 4 is 16.3 Å². The molecule has 0 atom stereocenters. The minimum Gasteiger partial charge on any atom is -0.493 e. The van der Waals surface area contributed by atoms with E-state index in [4.69, 9.17) is 18.9 Å². The molecule has 0 radical (unpaired) electrons. The molecule has 1 aliphatic heterocycles. The fraction of sp³-hybridized carbons (Fsp3) is 0.318. The van der Waals surface area contributed by atoms with Crippen molar-refractivity contribution in [1.29, 1.82) is 0 Å². The highest BCUT2D eigenvalue weighted by Crippen LogP contribution is 2.46. The van der Waals surface area contributed by atoms with Crippen molar-refractivity contribution in [3.05, 3.63) is 42.5 Å². The Kier molecular flexibility index (Phi) is 5.87. The smallest absolute Gasteiger partial charge is 0.261 e. The highest BCUT2D eigenvalue weighted by molar-refractivity contribution is 7.20. The predicted octanol–water partition coefficient (Wildman–Crippen LogP) is 4.34. The molecular formula is C22H24N2O4S. The fourth-order valence-corrected chi connectivity index (χ4v) is 4.62. The van der Waals surface area contributed by atoms with Gasteiger partial charge in [-0.1, -0.05) is 30.3 Å². The van der Waals surface area contributed by atoms with E-state index in [2.05, 4.69) is 40.2 Å². The van der Waals surface area contributed by atoms with Crippen LogP contribution in [0.2, 0.25) is 0 Å². The lowest BCUT2D eigenvalue weighted by Crippen LogP contribution is -2.35. The molecule has 0 bridgehead atoms. The molecule has 1 aromatic carbocycles. The van der Waals surface area contributed by atoms with Crippen molar-refractivity contribution in [2.24, 2.45) is 0 Å². The molecule has 0 saturated carbocycles. The zero-order chi connectivity index (χ0) is 20.2. The number of ether oxygens (including phenoxy) is 4. The molecule has 0 aliphatic carbocycles. The van der Waals surface area contributed by atoms with Gasteiger partial charge in [0, 0.05) is 24.7 Å². The van der Waals surface area contributed by atoms with E-state index in [1.165, 1.54) is 16.1 Å². The van der Waals surface area contributed by atoms with E-state index in [9.17, 15) is 0 Å². The van der Waals surface area contributed by atoms with Crippen LogP contribution in [0, 0.1) is 0 Å². The second-order valence-electron chi connectivity index (χ2n) is 6.55. The number of morpholine rings is 1. The number of pyridine rings is 1. The van der Waals surface area contributed by atoms with Crippen LogP contribution in [0.4, 0.5) is 5.00 Å². The van der Waals surface area contributed by atoms with Gasteiger partial charge in [-0.05, 0) is 11.6 Å². The number of anilines is 1. The first kappa shape index (κ1) is 19.5. The summed E-state index contributed by atoms with van der Waals surface area (Å²) >= 11 is 1.72. The zero-order valence-electron chi connectivity index (χ0n) is 16.8. The molecule has 152 valence electrons. The number of nitrogens with zero attached hydrogens (tertiary/aromatic N) is 2. The number of methoxy groups -OCH3 is 3. The van der Waals surface area contributed by atoms with Crippen LogP contribution < -0.4 is 19.1 Å². The van der Waals surface area contributed by atoms with Crippen LogP contribution in [0.15, 0.2) is 42.5 Å². The summed E-state index contributed by atoms with van der Waals surface area (Å²) in [6.07, 6.45) is 0. The Hall–Kier alpha value is -2.77. The standard InChI is InChI=1S/C22H24N2O4S/c1-25-18-14-17(23-21(27-3)20(18)26-2)19-13-16(15-7-5-4-6-8-15)22(29-19)24-9-11-28-12-10-24/h4-8,13-14H,9-12H2,1-3H3. The van der Waals surface area contributed by atoms with E-state index in [0.29, 0.717) is 17.4 Å². The second-order valence-corrected chi connectivity index (χ2v) is 7.58. The highest BCUT2D eigenvalue weighted by atomic mass is 32.1. The molecule has 0 N–H and O–H groups in total. The van der Waals surface area contributed by atoms with Gasteiger partial charge in [-0.15, -0.1) is 11.3 Å². The summed E-state index contributed by atoms with van der Waals surface area (Å²) in [5, 5.41) is 1.23. The van der Waals surface area contributed by atoms with E-state index in [-0.39, 0.29) is 0 Å². The van der Waals surface area contributed by atoms with E-state index in [1.54, 1.807) is 32.7 Å². The lowest BCUT2D eigenvalue weighted by Gasteiger charge is -2.28. The summed E-state index contributed by atoms with van der Waals surface area (Å²) in [6, 6.07) is 14.5. The van der Waals surface area contributed by atoms with Crippen LogP contribution in [0.25, 0.3) is 21.7 Å². The van der Waals surface area contributed by atoms with E-state index < -0.39 is 0 Å². The molecule has 1 saturated heterocycles. The quantitative estimate of drug-likeness (QED) is 0.600. The number of aromatic nitrogens is 1. The van der Waals surface area contributed by atoms with Crippen molar-refractivity contribution < 1.29 is 18.9 Å². The Balaban J connectivity index is 1.84. The van der Waals surface area contributed by atoms with E-state index in [1.807, 2.05) is 12.1 Å². The minimum atomic E-state index is 0.407. The number of hydrogen-bond donors (Lipinski definition) is 0. The molecule has 1 aliphatic rings. The third kappa shape index (κ3) is 3.88. The lowest BCUT2D eigenvalue weighted by atomic mass is 10.1. The SMILES string of the molecule is COc1cc(-c2cc(-c3ccccc3)c(N3CCOCC3)s2)nc(OC)c1OC. The summed E-state index contributed by atoms with van der Waals surface area (Å²) in [6.45, 7) is 3.23. The summed E-state index contributed by atoms with van der Waals surface area (Å²) in [5.41, 5.74) is 3.17. The number of hydrogen-bond acceptors (Lipinski definition) is 7. The fourth-order valence-electron chi connectivity index (χ4n) is 3.43. The predicted molar refractivity (Wildman–Crippen MR) is 116 cm³/mol. The van der Waals surface area contributed by atoms with E-state index >= 15 is 0 Å². The molecule has 7 heteroatoms. The van der Waals surface area contributed by atoms with Crippen molar-refractivity contribution in [3.63, 3.8) is 0 Å². The normalized spacial score (nSPS) is 14.0. The second kappa shape index (κ2) is 8.71. The first-order valence-electron chi connectivity index (χ1n) is 9.44. The summed E-state index contributed by atoms with van der Waals surface area (Å²) < 4.78 is 21.9. The largest absolute Gasteiger partial charge is 0.493 e. The molecule has 0 amide bonds. The average molecular weight is 413 g/mol. The van der Waals surface area contributed by atoms with Crippen molar-refractivity contribution in [2.75, 3.05) is 52.5 Å². The van der Waals surface area contributed by atoms with Crippen molar-refractivity contribution in [3.8, 4) is 39.1 Å². The Morgan fingerprint density at radius 3 is 2.38 bits per heavy atom. The maximum Gasteiger partial charge on any atom is 0.261 e. The molecule has 6 nitrogen and oxygen atoms in total. The van der Waals surface area contributed by atoms with Crippen molar-refractivity contribution in [1.82, 2.24) is 4.98 Å². The topological polar surface area (TPSA) is 53.1 Å². The Morgan fingerprint density at radius 2 is 1.72 bits per heavy atom. The first-order valence-corrected chi connectivity index (χ1v) is 10.3. The highest BCUT2D eigenvalue weighted by Gasteiger charge is 2.22. The van der Waals surface area contributed by atoms with Gasteiger partial charge in [-0.25, -0.2) is 4.98 Å². The van der Waals surface area contributed by atoms with Gasteiger partial charge in [0.25, 0.3) is 5.88 Å². The Labute approximate surface area is 174 Å². The summed E-state index contributed by atoms with van der Waals surface area (Å²) in [7, 11) is 4.78.